The van der Waals surface area contributed by atoms with E-state index in [0.29, 0.717) is 5.56 Å². The summed E-state index contributed by atoms with van der Waals surface area (Å²) in [6.45, 7) is 1.15. The first-order chi connectivity index (χ1) is 12.7. The van der Waals surface area contributed by atoms with Gasteiger partial charge in [-0.2, -0.15) is 0 Å². The van der Waals surface area contributed by atoms with E-state index in [9.17, 15) is 9.59 Å². The molecule has 0 heterocycles. The molecule has 8 heteroatoms. The number of aliphatic hydroxyl groups is 2. The standard InChI is InChI=1S/C12H14O6.C7H8O2/c13-5-3-7-8(4-6-14)10(12(17)18)2-1-9(7)11(15)16;1-5-3-2-4-6(8)7(5)9/h1-2,13-14H,3-6H2,(H,15,16)(H,17,18);2-4,8-9H,1H3. The van der Waals surface area contributed by atoms with Crippen molar-refractivity contribution in [1.82, 2.24) is 0 Å². The van der Waals surface area contributed by atoms with Crippen LogP contribution in [0.3, 0.4) is 0 Å². The Kier molecular flexibility index (Phi) is 8.25. The lowest BCUT2D eigenvalue weighted by atomic mass is 9.92. The molecule has 0 unspecified atom stereocenters. The molecular weight excluding hydrogens is 356 g/mol. The summed E-state index contributed by atoms with van der Waals surface area (Å²) in [6, 6.07) is 7.27. The van der Waals surface area contributed by atoms with Crippen molar-refractivity contribution >= 4 is 11.9 Å². The van der Waals surface area contributed by atoms with Gasteiger partial charge in [0.25, 0.3) is 0 Å². The molecule has 0 bridgehead atoms. The topological polar surface area (TPSA) is 156 Å². The molecule has 0 saturated carbocycles. The molecule has 27 heavy (non-hydrogen) atoms. The van der Waals surface area contributed by atoms with E-state index in [2.05, 4.69) is 0 Å². The average molecular weight is 378 g/mol. The molecule has 2 aromatic carbocycles. The Hall–Kier alpha value is -3.10. The molecule has 8 nitrogen and oxygen atoms in total. The third-order valence-corrected chi connectivity index (χ3v) is 3.83. The quantitative estimate of drug-likeness (QED) is 0.414. The van der Waals surface area contributed by atoms with Crippen molar-refractivity contribution in [3.8, 4) is 11.5 Å². The highest BCUT2D eigenvalue weighted by atomic mass is 16.4. The molecule has 0 spiro atoms. The van der Waals surface area contributed by atoms with Crippen molar-refractivity contribution in [2.45, 2.75) is 19.8 Å². The number of phenols is 2. The first-order valence-electron chi connectivity index (χ1n) is 8.05. The third-order valence-electron chi connectivity index (χ3n) is 3.83. The Morgan fingerprint density at radius 1 is 0.815 bits per heavy atom. The third kappa shape index (κ3) is 5.70. The lowest BCUT2D eigenvalue weighted by Crippen LogP contribution is -2.14. The first kappa shape index (κ1) is 21.9. The number of aliphatic hydroxyl groups excluding tert-OH is 2. The Balaban J connectivity index is 0.000000337. The molecule has 0 aliphatic heterocycles. The predicted octanol–water partition coefficient (Wildman–Crippen LogP) is 1.56. The van der Waals surface area contributed by atoms with Gasteiger partial charge in [0, 0.05) is 13.2 Å². The minimum absolute atomic E-state index is 0.0301. The molecule has 6 N–H and O–H groups in total. The van der Waals surface area contributed by atoms with Gasteiger partial charge in [0.05, 0.1) is 11.1 Å². The number of carboxylic acids is 2. The summed E-state index contributed by atoms with van der Waals surface area (Å²) in [7, 11) is 0. The van der Waals surface area contributed by atoms with Gasteiger partial charge >= 0.3 is 11.9 Å². The smallest absolute Gasteiger partial charge is 0.335 e. The van der Waals surface area contributed by atoms with E-state index >= 15 is 0 Å². The van der Waals surface area contributed by atoms with Gasteiger partial charge in [0.2, 0.25) is 0 Å². The lowest BCUT2D eigenvalue weighted by molar-refractivity contribution is 0.0678. The summed E-state index contributed by atoms with van der Waals surface area (Å²) >= 11 is 0. The molecule has 0 saturated heterocycles. The maximum Gasteiger partial charge on any atom is 0.335 e. The van der Waals surface area contributed by atoms with E-state index in [1.807, 2.05) is 0 Å². The molecule has 0 aromatic heterocycles. The SMILES string of the molecule is Cc1cccc(O)c1O.O=C(O)c1ccc(C(=O)O)c(CCO)c1CCO. The van der Waals surface area contributed by atoms with E-state index in [1.165, 1.54) is 18.2 Å². The molecule has 146 valence electrons. The van der Waals surface area contributed by atoms with Crippen LogP contribution in [0.4, 0.5) is 0 Å². The minimum atomic E-state index is -1.19. The molecule has 0 atom stereocenters. The second-order valence-electron chi connectivity index (χ2n) is 5.62. The number of phenolic OH excluding ortho intramolecular Hbond substituents is 2. The van der Waals surface area contributed by atoms with Crippen LogP contribution in [-0.4, -0.2) is 55.8 Å². The van der Waals surface area contributed by atoms with Crippen molar-refractivity contribution in [1.29, 1.82) is 0 Å². The van der Waals surface area contributed by atoms with Gasteiger partial charge in [-0.1, -0.05) is 12.1 Å². The molecule has 0 aliphatic carbocycles. The van der Waals surface area contributed by atoms with Crippen LogP contribution in [0.5, 0.6) is 11.5 Å². The number of aryl methyl sites for hydroxylation is 1. The fourth-order valence-electron chi connectivity index (χ4n) is 2.53. The van der Waals surface area contributed by atoms with Gasteiger partial charge < -0.3 is 30.6 Å². The second-order valence-corrected chi connectivity index (χ2v) is 5.62. The number of rotatable bonds is 6. The minimum Gasteiger partial charge on any atom is -0.504 e. The average Bonchev–Trinajstić information content (AvgIpc) is 2.61. The zero-order valence-electron chi connectivity index (χ0n) is 14.7. The van der Waals surface area contributed by atoms with E-state index in [-0.39, 0.29) is 59.8 Å². The summed E-state index contributed by atoms with van der Waals surface area (Å²) in [5, 5.41) is 53.7. The molecule has 0 fully saturated rings. The number of para-hydroxylation sites is 1. The second kappa shape index (κ2) is 10.1. The molecule has 2 rings (SSSR count). The Morgan fingerprint density at radius 2 is 1.26 bits per heavy atom. The number of carboxylic acid groups (broad SMARTS) is 2. The monoisotopic (exact) mass is 378 g/mol. The van der Waals surface area contributed by atoms with Crippen LogP contribution in [0, 0.1) is 6.92 Å². The highest BCUT2D eigenvalue weighted by Gasteiger charge is 2.19. The van der Waals surface area contributed by atoms with Gasteiger partial charge in [-0.05, 0) is 54.7 Å². The highest BCUT2D eigenvalue weighted by Crippen LogP contribution is 2.26. The lowest BCUT2D eigenvalue weighted by Gasteiger charge is -2.14. The summed E-state index contributed by atoms with van der Waals surface area (Å²) in [5.74, 6) is -2.46. The normalized spacial score (nSPS) is 10.0. The van der Waals surface area contributed by atoms with Gasteiger partial charge in [0.15, 0.2) is 11.5 Å². The maximum absolute atomic E-state index is 11.0. The van der Waals surface area contributed by atoms with E-state index in [4.69, 9.17) is 30.6 Å². The van der Waals surface area contributed by atoms with Crippen LogP contribution in [0.25, 0.3) is 0 Å². The van der Waals surface area contributed by atoms with Crippen LogP contribution < -0.4 is 0 Å². The van der Waals surface area contributed by atoms with Gasteiger partial charge in [0.1, 0.15) is 0 Å². The Bertz CT molecular complexity index is 750. The number of carbonyl (C=O) groups is 2. The Morgan fingerprint density at radius 3 is 1.56 bits per heavy atom. The molecular formula is C19H22O8. The number of benzene rings is 2. The highest BCUT2D eigenvalue weighted by molar-refractivity contribution is 5.95. The summed E-state index contributed by atoms with van der Waals surface area (Å²) in [4.78, 5) is 22.1. The fourth-order valence-corrected chi connectivity index (χ4v) is 2.53. The van der Waals surface area contributed by atoms with E-state index < -0.39 is 11.9 Å². The van der Waals surface area contributed by atoms with Crippen molar-refractivity contribution in [2.24, 2.45) is 0 Å². The number of aromatic carboxylic acids is 2. The van der Waals surface area contributed by atoms with Crippen LogP contribution >= 0.6 is 0 Å². The molecule has 0 amide bonds. The summed E-state index contributed by atoms with van der Waals surface area (Å²) in [6.07, 6.45) is 0.0795. The zero-order valence-corrected chi connectivity index (χ0v) is 14.7. The van der Waals surface area contributed by atoms with Gasteiger partial charge in [-0.15, -0.1) is 0 Å². The fraction of sp³-hybridized carbons (Fsp3) is 0.263. The number of hydrogen-bond acceptors (Lipinski definition) is 6. The van der Waals surface area contributed by atoms with Crippen molar-refractivity contribution in [2.75, 3.05) is 13.2 Å². The maximum atomic E-state index is 11.0. The van der Waals surface area contributed by atoms with E-state index in [0.717, 1.165) is 0 Å². The predicted molar refractivity (Wildman–Crippen MR) is 96.4 cm³/mol. The van der Waals surface area contributed by atoms with Crippen LogP contribution in [-0.2, 0) is 12.8 Å². The van der Waals surface area contributed by atoms with Crippen molar-refractivity contribution in [3.63, 3.8) is 0 Å². The molecule has 0 aliphatic rings. The summed E-state index contributed by atoms with van der Waals surface area (Å²) < 4.78 is 0. The summed E-state index contributed by atoms with van der Waals surface area (Å²) in [5.41, 5.74) is 1.13. The van der Waals surface area contributed by atoms with Gasteiger partial charge in [-0.25, -0.2) is 9.59 Å². The zero-order chi connectivity index (χ0) is 20.6. The van der Waals surface area contributed by atoms with Crippen LogP contribution in [0.1, 0.15) is 37.4 Å². The van der Waals surface area contributed by atoms with Crippen LogP contribution in [0.2, 0.25) is 0 Å². The van der Waals surface area contributed by atoms with Crippen molar-refractivity contribution < 1.29 is 40.2 Å². The van der Waals surface area contributed by atoms with Crippen molar-refractivity contribution in [3.05, 3.63) is 58.1 Å². The van der Waals surface area contributed by atoms with Crippen LogP contribution in [0.15, 0.2) is 30.3 Å². The largest absolute Gasteiger partial charge is 0.504 e. The van der Waals surface area contributed by atoms with Gasteiger partial charge in [-0.3, -0.25) is 0 Å². The Labute approximate surface area is 155 Å². The molecule has 0 radical (unpaired) electrons. The molecule has 2 aromatic rings. The number of aromatic hydroxyl groups is 2. The van der Waals surface area contributed by atoms with E-state index in [1.54, 1.807) is 19.1 Å². The first-order valence-corrected chi connectivity index (χ1v) is 8.05. The number of hydrogen-bond donors (Lipinski definition) is 6.